The van der Waals surface area contributed by atoms with E-state index >= 15 is 0 Å². The standard InChI is InChI=1S/C6H8N4O/c1-5-2-9-10-6(5)8-3-7-4-11/h2-4H,1H3,(H2,7,8,9,10,11). The highest BCUT2D eigenvalue weighted by Crippen LogP contribution is 2.10. The minimum Gasteiger partial charge on any atom is -0.319 e. The first-order chi connectivity index (χ1) is 5.34. The molecule has 0 aromatic carbocycles. The van der Waals surface area contributed by atoms with Crippen LogP contribution in [0.2, 0.25) is 0 Å². The van der Waals surface area contributed by atoms with E-state index in [4.69, 9.17) is 0 Å². The first-order valence-corrected chi connectivity index (χ1v) is 3.07. The lowest BCUT2D eigenvalue weighted by atomic mass is 10.4. The summed E-state index contributed by atoms with van der Waals surface area (Å²) in [6.45, 7) is 1.87. The molecule has 1 aromatic rings. The Kier molecular flexibility index (Phi) is 2.37. The van der Waals surface area contributed by atoms with Crippen molar-refractivity contribution in [2.75, 3.05) is 0 Å². The summed E-state index contributed by atoms with van der Waals surface area (Å²) in [5.41, 5.74) is 0.939. The van der Waals surface area contributed by atoms with Crippen LogP contribution in [0.4, 0.5) is 5.82 Å². The van der Waals surface area contributed by atoms with Gasteiger partial charge in [0.1, 0.15) is 0 Å². The smallest absolute Gasteiger partial charge is 0.212 e. The summed E-state index contributed by atoms with van der Waals surface area (Å²) in [5.74, 6) is 0.652. The highest BCUT2D eigenvalue weighted by molar-refractivity contribution is 5.73. The van der Waals surface area contributed by atoms with Gasteiger partial charge in [-0.2, -0.15) is 5.10 Å². The number of nitrogens with zero attached hydrogens (tertiary/aromatic N) is 2. The van der Waals surface area contributed by atoms with Crippen molar-refractivity contribution in [3.8, 4) is 0 Å². The molecule has 0 bridgehead atoms. The fraction of sp³-hybridized carbons (Fsp3) is 0.167. The summed E-state index contributed by atoms with van der Waals surface area (Å²) in [5, 5.41) is 8.70. The number of carbonyl (C=O) groups excluding carboxylic acids is 1. The highest BCUT2D eigenvalue weighted by atomic mass is 16.1. The van der Waals surface area contributed by atoms with Crippen molar-refractivity contribution in [2.45, 2.75) is 6.92 Å². The number of rotatable bonds is 3. The van der Waals surface area contributed by atoms with E-state index in [0.717, 1.165) is 5.56 Å². The van der Waals surface area contributed by atoms with Gasteiger partial charge < -0.3 is 5.32 Å². The fourth-order valence-electron chi connectivity index (χ4n) is 0.602. The van der Waals surface area contributed by atoms with Crippen LogP contribution in [-0.2, 0) is 4.79 Å². The maximum atomic E-state index is 9.79. The van der Waals surface area contributed by atoms with Crippen LogP contribution in [0.25, 0.3) is 0 Å². The molecule has 1 rings (SSSR count). The average molecular weight is 152 g/mol. The van der Waals surface area contributed by atoms with Gasteiger partial charge in [0.25, 0.3) is 0 Å². The molecular weight excluding hydrogens is 144 g/mol. The number of aromatic nitrogens is 2. The van der Waals surface area contributed by atoms with Crippen molar-refractivity contribution >= 4 is 18.6 Å². The van der Waals surface area contributed by atoms with Gasteiger partial charge >= 0.3 is 0 Å². The SMILES string of the molecule is Cc1cn[nH]c1N=CNC=O. The summed E-state index contributed by atoms with van der Waals surface area (Å²) < 4.78 is 0. The average Bonchev–Trinajstić information content (AvgIpc) is 2.37. The van der Waals surface area contributed by atoms with Crippen LogP contribution in [0.1, 0.15) is 5.56 Å². The van der Waals surface area contributed by atoms with E-state index in [0.29, 0.717) is 12.2 Å². The van der Waals surface area contributed by atoms with Crippen LogP contribution in [0.5, 0.6) is 0 Å². The van der Waals surface area contributed by atoms with Crippen LogP contribution < -0.4 is 5.32 Å². The maximum Gasteiger partial charge on any atom is 0.212 e. The molecule has 0 unspecified atom stereocenters. The van der Waals surface area contributed by atoms with E-state index in [1.54, 1.807) is 6.20 Å². The van der Waals surface area contributed by atoms with Gasteiger partial charge in [-0.25, -0.2) is 4.99 Å². The van der Waals surface area contributed by atoms with Crippen LogP contribution >= 0.6 is 0 Å². The minimum atomic E-state index is 0.551. The van der Waals surface area contributed by atoms with Crippen molar-refractivity contribution in [2.24, 2.45) is 4.99 Å². The monoisotopic (exact) mass is 152 g/mol. The normalized spacial score (nSPS) is 10.3. The Morgan fingerprint density at radius 3 is 3.18 bits per heavy atom. The van der Waals surface area contributed by atoms with Crippen molar-refractivity contribution in [3.05, 3.63) is 11.8 Å². The van der Waals surface area contributed by atoms with Crippen molar-refractivity contribution in [3.63, 3.8) is 0 Å². The van der Waals surface area contributed by atoms with Crippen LogP contribution in [0, 0.1) is 6.92 Å². The molecule has 11 heavy (non-hydrogen) atoms. The quantitative estimate of drug-likeness (QED) is 0.367. The molecule has 0 radical (unpaired) electrons. The zero-order chi connectivity index (χ0) is 8.10. The molecule has 5 heteroatoms. The third-order valence-electron chi connectivity index (χ3n) is 1.14. The molecule has 0 aliphatic carbocycles. The van der Waals surface area contributed by atoms with Gasteiger partial charge in [0, 0.05) is 5.56 Å². The summed E-state index contributed by atoms with van der Waals surface area (Å²) in [4.78, 5) is 13.7. The summed E-state index contributed by atoms with van der Waals surface area (Å²) in [6, 6.07) is 0. The first kappa shape index (κ1) is 7.46. The number of hydrogen-bond acceptors (Lipinski definition) is 3. The molecule has 0 saturated carbocycles. The van der Waals surface area contributed by atoms with E-state index in [9.17, 15) is 4.79 Å². The van der Waals surface area contributed by atoms with Gasteiger partial charge in [0.2, 0.25) is 6.41 Å². The van der Waals surface area contributed by atoms with Crippen LogP contribution in [0.15, 0.2) is 11.2 Å². The summed E-state index contributed by atoms with van der Waals surface area (Å²) >= 11 is 0. The number of aryl methyl sites for hydroxylation is 1. The third-order valence-corrected chi connectivity index (χ3v) is 1.14. The largest absolute Gasteiger partial charge is 0.319 e. The Bertz CT molecular complexity index is 265. The number of amides is 1. The topological polar surface area (TPSA) is 70.1 Å². The molecule has 58 valence electrons. The molecule has 0 spiro atoms. The fourth-order valence-corrected chi connectivity index (χ4v) is 0.602. The lowest BCUT2D eigenvalue weighted by Crippen LogP contribution is -2.05. The molecule has 0 aliphatic heterocycles. The molecule has 1 heterocycles. The zero-order valence-electron chi connectivity index (χ0n) is 6.03. The molecule has 2 N–H and O–H groups in total. The molecular formula is C6H8N4O. The van der Waals surface area contributed by atoms with Crippen molar-refractivity contribution in [1.29, 1.82) is 0 Å². The van der Waals surface area contributed by atoms with Gasteiger partial charge in [-0.15, -0.1) is 0 Å². The number of nitrogens with one attached hydrogen (secondary N) is 2. The molecule has 0 atom stereocenters. The number of H-pyrrole nitrogens is 1. The molecule has 0 fully saturated rings. The molecule has 0 saturated heterocycles. The Morgan fingerprint density at radius 1 is 1.82 bits per heavy atom. The minimum absolute atomic E-state index is 0.551. The van der Waals surface area contributed by atoms with Crippen molar-refractivity contribution in [1.82, 2.24) is 15.5 Å². The third kappa shape index (κ3) is 1.89. The number of aliphatic imine (C=N–C) groups is 1. The summed E-state index contributed by atoms with van der Waals surface area (Å²) in [7, 11) is 0. The second-order valence-corrected chi connectivity index (χ2v) is 1.94. The Labute approximate surface area is 63.5 Å². The van der Waals surface area contributed by atoms with E-state index < -0.39 is 0 Å². The zero-order valence-corrected chi connectivity index (χ0v) is 6.03. The second-order valence-electron chi connectivity index (χ2n) is 1.94. The van der Waals surface area contributed by atoms with Gasteiger partial charge in [0.05, 0.1) is 12.5 Å². The van der Waals surface area contributed by atoms with Crippen LogP contribution in [-0.4, -0.2) is 22.9 Å². The molecule has 5 nitrogen and oxygen atoms in total. The number of aromatic amines is 1. The van der Waals surface area contributed by atoms with Crippen molar-refractivity contribution < 1.29 is 4.79 Å². The predicted octanol–water partition coefficient (Wildman–Crippen LogP) is 0.124. The maximum absolute atomic E-state index is 9.79. The number of carbonyl (C=O) groups is 1. The first-order valence-electron chi connectivity index (χ1n) is 3.07. The Morgan fingerprint density at radius 2 is 2.64 bits per heavy atom. The van der Waals surface area contributed by atoms with E-state index in [1.165, 1.54) is 6.34 Å². The predicted molar refractivity (Wildman–Crippen MR) is 40.7 cm³/mol. The summed E-state index contributed by atoms with van der Waals surface area (Å²) in [6.07, 6.45) is 3.51. The lowest BCUT2D eigenvalue weighted by Gasteiger charge is -1.86. The Balaban J connectivity index is 2.63. The van der Waals surface area contributed by atoms with E-state index in [2.05, 4.69) is 20.5 Å². The molecule has 0 aliphatic rings. The highest BCUT2D eigenvalue weighted by Gasteiger charge is 1.93. The molecule has 1 aromatic heterocycles. The van der Waals surface area contributed by atoms with Gasteiger partial charge in [0.15, 0.2) is 5.82 Å². The second kappa shape index (κ2) is 3.50. The Hall–Kier alpha value is -1.65. The number of hydrogen-bond donors (Lipinski definition) is 2. The van der Waals surface area contributed by atoms with E-state index in [-0.39, 0.29) is 0 Å². The van der Waals surface area contributed by atoms with Gasteiger partial charge in [-0.3, -0.25) is 9.89 Å². The van der Waals surface area contributed by atoms with Crippen LogP contribution in [0.3, 0.4) is 0 Å². The van der Waals surface area contributed by atoms with E-state index in [1.807, 2.05) is 6.92 Å². The molecule has 1 amide bonds. The van der Waals surface area contributed by atoms with Gasteiger partial charge in [-0.05, 0) is 6.92 Å². The lowest BCUT2D eigenvalue weighted by molar-refractivity contribution is -0.108. The van der Waals surface area contributed by atoms with Gasteiger partial charge in [-0.1, -0.05) is 0 Å².